The zero-order valence-corrected chi connectivity index (χ0v) is 15.0. The van der Waals surface area contributed by atoms with Crippen LogP contribution in [0.25, 0.3) is 10.2 Å². The van der Waals surface area contributed by atoms with Crippen molar-refractivity contribution in [2.45, 2.75) is 64.0 Å². The lowest BCUT2D eigenvalue weighted by atomic mass is 9.90. The van der Waals surface area contributed by atoms with Gasteiger partial charge in [-0.1, -0.05) is 6.92 Å². The maximum absolute atomic E-state index is 4.60. The molecule has 5 heteroatoms. The Labute approximate surface area is 142 Å². The maximum atomic E-state index is 4.60. The molecule has 0 unspecified atom stereocenters. The van der Waals surface area contributed by atoms with E-state index < -0.39 is 0 Å². The van der Waals surface area contributed by atoms with E-state index in [-0.39, 0.29) is 0 Å². The summed E-state index contributed by atoms with van der Waals surface area (Å²) < 4.78 is 0. The molecule has 0 amide bonds. The van der Waals surface area contributed by atoms with Crippen molar-refractivity contribution in [3.8, 4) is 0 Å². The van der Waals surface area contributed by atoms with Crippen LogP contribution in [-0.4, -0.2) is 40.5 Å². The Morgan fingerprint density at radius 2 is 2.04 bits per heavy atom. The zero-order valence-electron chi connectivity index (χ0n) is 14.1. The predicted molar refractivity (Wildman–Crippen MR) is 97.4 cm³/mol. The minimum atomic E-state index is 0.562. The van der Waals surface area contributed by atoms with Crippen molar-refractivity contribution in [1.82, 2.24) is 14.9 Å². The SMILES string of the molecule is CCN(C)C1CCC(Nc2ncnc3sc4c(c23)CCC4)CC1. The third-order valence-corrected chi connectivity index (χ3v) is 6.86. The summed E-state index contributed by atoms with van der Waals surface area (Å²) in [5, 5.41) is 5.07. The molecule has 0 aliphatic heterocycles. The average molecular weight is 331 g/mol. The largest absolute Gasteiger partial charge is 0.367 e. The number of thiophene rings is 1. The first-order valence-electron chi connectivity index (χ1n) is 8.98. The summed E-state index contributed by atoms with van der Waals surface area (Å²) in [6.07, 6.45) is 10.5. The van der Waals surface area contributed by atoms with Gasteiger partial charge in [0.25, 0.3) is 0 Å². The molecule has 1 fully saturated rings. The van der Waals surface area contributed by atoms with Gasteiger partial charge in [0.15, 0.2) is 0 Å². The molecule has 0 bridgehead atoms. The number of aryl methyl sites for hydroxylation is 2. The molecule has 4 nitrogen and oxygen atoms in total. The fraction of sp³-hybridized carbons (Fsp3) is 0.667. The van der Waals surface area contributed by atoms with Gasteiger partial charge < -0.3 is 10.2 Å². The summed E-state index contributed by atoms with van der Waals surface area (Å²) in [6.45, 7) is 3.40. The van der Waals surface area contributed by atoms with E-state index in [0.717, 1.165) is 18.4 Å². The van der Waals surface area contributed by atoms with Crippen LogP contribution in [0.1, 0.15) is 49.5 Å². The summed E-state index contributed by atoms with van der Waals surface area (Å²) in [5.41, 5.74) is 1.52. The van der Waals surface area contributed by atoms with E-state index >= 15 is 0 Å². The molecule has 4 rings (SSSR count). The third kappa shape index (κ3) is 2.85. The van der Waals surface area contributed by atoms with Gasteiger partial charge in [0.1, 0.15) is 17.0 Å². The van der Waals surface area contributed by atoms with Gasteiger partial charge in [-0.3, -0.25) is 0 Å². The minimum absolute atomic E-state index is 0.562. The number of anilines is 1. The lowest BCUT2D eigenvalue weighted by molar-refractivity contribution is 0.194. The second-order valence-corrected chi connectivity index (χ2v) is 8.07. The molecule has 2 aliphatic carbocycles. The second kappa shape index (κ2) is 6.36. The Kier molecular flexibility index (Phi) is 4.24. The van der Waals surface area contributed by atoms with Gasteiger partial charge in [-0.05, 0) is 64.1 Å². The highest BCUT2D eigenvalue weighted by Gasteiger charge is 2.26. The number of rotatable bonds is 4. The van der Waals surface area contributed by atoms with Gasteiger partial charge in [0.2, 0.25) is 0 Å². The van der Waals surface area contributed by atoms with Crippen LogP contribution in [0.2, 0.25) is 0 Å². The van der Waals surface area contributed by atoms with Crippen molar-refractivity contribution in [1.29, 1.82) is 0 Å². The molecule has 0 aromatic carbocycles. The summed E-state index contributed by atoms with van der Waals surface area (Å²) >= 11 is 1.87. The molecule has 0 atom stereocenters. The van der Waals surface area contributed by atoms with Crippen molar-refractivity contribution in [2.24, 2.45) is 0 Å². The van der Waals surface area contributed by atoms with Crippen LogP contribution >= 0.6 is 11.3 Å². The maximum Gasteiger partial charge on any atom is 0.138 e. The molecule has 23 heavy (non-hydrogen) atoms. The Bertz CT molecular complexity index is 688. The highest BCUT2D eigenvalue weighted by Crippen LogP contribution is 2.39. The predicted octanol–water partition coefficient (Wildman–Crippen LogP) is 3.85. The van der Waals surface area contributed by atoms with Crippen LogP contribution < -0.4 is 5.32 Å². The van der Waals surface area contributed by atoms with Crippen LogP contribution in [0.3, 0.4) is 0 Å². The standard InChI is InChI=1S/C18H26N4S/c1-3-22(2)13-9-7-12(8-10-13)21-17-16-14-5-4-6-15(14)23-18(16)20-11-19-17/h11-13H,3-10H2,1-2H3,(H,19,20,21). The van der Waals surface area contributed by atoms with Gasteiger partial charge in [-0.15, -0.1) is 11.3 Å². The molecule has 2 aromatic heterocycles. The summed E-state index contributed by atoms with van der Waals surface area (Å²) in [5.74, 6) is 1.08. The Morgan fingerprint density at radius 1 is 1.22 bits per heavy atom. The van der Waals surface area contributed by atoms with Crippen LogP contribution in [0.5, 0.6) is 0 Å². The van der Waals surface area contributed by atoms with E-state index in [1.165, 1.54) is 65.6 Å². The van der Waals surface area contributed by atoms with Crippen molar-refractivity contribution < 1.29 is 0 Å². The van der Waals surface area contributed by atoms with Crippen molar-refractivity contribution >= 4 is 27.4 Å². The van der Waals surface area contributed by atoms with Gasteiger partial charge in [-0.25, -0.2) is 9.97 Å². The van der Waals surface area contributed by atoms with Crippen LogP contribution in [0.15, 0.2) is 6.33 Å². The fourth-order valence-corrected chi connectivity index (χ4v) is 5.38. The molecule has 2 heterocycles. The summed E-state index contributed by atoms with van der Waals surface area (Å²) in [7, 11) is 2.25. The molecular formula is C18H26N4S. The molecular weight excluding hydrogens is 304 g/mol. The molecule has 1 saturated carbocycles. The third-order valence-electron chi connectivity index (χ3n) is 5.66. The first-order chi connectivity index (χ1) is 11.3. The van der Waals surface area contributed by atoms with Crippen LogP contribution in [-0.2, 0) is 12.8 Å². The van der Waals surface area contributed by atoms with E-state index in [9.17, 15) is 0 Å². The van der Waals surface area contributed by atoms with Gasteiger partial charge in [0, 0.05) is 17.0 Å². The molecule has 0 spiro atoms. The van der Waals surface area contributed by atoms with Crippen LogP contribution in [0, 0.1) is 0 Å². The Hall–Kier alpha value is -1.20. The van der Waals surface area contributed by atoms with Gasteiger partial charge in [0.05, 0.1) is 5.39 Å². The zero-order chi connectivity index (χ0) is 15.8. The molecule has 124 valence electrons. The van der Waals surface area contributed by atoms with Gasteiger partial charge >= 0.3 is 0 Å². The van der Waals surface area contributed by atoms with E-state index in [1.807, 2.05) is 11.3 Å². The van der Waals surface area contributed by atoms with E-state index in [1.54, 1.807) is 6.33 Å². The number of aromatic nitrogens is 2. The van der Waals surface area contributed by atoms with Crippen molar-refractivity contribution in [3.63, 3.8) is 0 Å². The number of fused-ring (bicyclic) bond motifs is 3. The number of nitrogens with zero attached hydrogens (tertiary/aromatic N) is 3. The topological polar surface area (TPSA) is 41.0 Å². The Morgan fingerprint density at radius 3 is 2.83 bits per heavy atom. The summed E-state index contributed by atoms with van der Waals surface area (Å²) in [4.78, 5) is 14.3. The molecule has 0 saturated heterocycles. The first kappa shape index (κ1) is 15.3. The average Bonchev–Trinajstić information content (AvgIpc) is 3.16. The quantitative estimate of drug-likeness (QED) is 0.924. The Balaban J connectivity index is 1.51. The minimum Gasteiger partial charge on any atom is -0.367 e. The smallest absolute Gasteiger partial charge is 0.138 e. The monoisotopic (exact) mass is 330 g/mol. The number of hydrogen-bond donors (Lipinski definition) is 1. The highest BCUT2D eigenvalue weighted by atomic mass is 32.1. The lowest BCUT2D eigenvalue weighted by Gasteiger charge is -2.34. The van der Waals surface area contributed by atoms with Crippen molar-refractivity contribution in [2.75, 3.05) is 18.9 Å². The number of nitrogens with one attached hydrogen (secondary N) is 1. The summed E-state index contributed by atoms with van der Waals surface area (Å²) in [6, 6.07) is 1.32. The lowest BCUT2D eigenvalue weighted by Crippen LogP contribution is -2.38. The van der Waals surface area contributed by atoms with E-state index in [0.29, 0.717) is 6.04 Å². The van der Waals surface area contributed by atoms with Crippen LogP contribution in [0.4, 0.5) is 5.82 Å². The highest BCUT2D eigenvalue weighted by molar-refractivity contribution is 7.19. The van der Waals surface area contributed by atoms with Gasteiger partial charge in [-0.2, -0.15) is 0 Å². The normalized spacial score (nSPS) is 24.3. The molecule has 1 N–H and O–H groups in total. The van der Waals surface area contributed by atoms with Crippen molar-refractivity contribution in [3.05, 3.63) is 16.8 Å². The molecule has 0 radical (unpaired) electrons. The van der Waals surface area contributed by atoms with E-state index in [2.05, 4.69) is 34.2 Å². The second-order valence-electron chi connectivity index (χ2n) is 6.98. The number of hydrogen-bond acceptors (Lipinski definition) is 5. The molecule has 2 aromatic rings. The first-order valence-corrected chi connectivity index (χ1v) is 9.80. The fourth-order valence-electron chi connectivity index (χ4n) is 4.15. The molecule has 2 aliphatic rings. The van der Waals surface area contributed by atoms with E-state index in [4.69, 9.17) is 0 Å².